The van der Waals surface area contributed by atoms with Crippen LogP contribution in [0.5, 0.6) is 0 Å². The van der Waals surface area contributed by atoms with Crippen LogP contribution in [0.3, 0.4) is 0 Å². The van der Waals surface area contributed by atoms with E-state index < -0.39 is 5.60 Å². The first-order valence-electron chi connectivity index (χ1n) is 8.97. The van der Waals surface area contributed by atoms with Crippen molar-refractivity contribution in [2.45, 2.75) is 85.2 Å². The summed E-state index contributed by atoms with van der Waals surface area (Å²) in [7, 11) is 0. The van der Waals surface area contributed by atoms with E-state index in [1.54, 1.807) is 6.08 Å². The van der Waals surface area contributed by atoms with Gasteiger partial charge in [-0.2, -0.15) is 0 Å². The van der Waals surface area contributed by atoms with Gasteiger partial charge in [-0.05, 0) is 81.1 Å². The summed E-state index contributed by atoms with van der Waals surface area (Å²) in [5.41, 5.74) is 1.17. The Kier molecular flexibility index (Phi) is 4.92. The second-order valence-electron chi connectivity index (χ2n) is 9.04. The van der Waals surface area contributed by atoms with Gasteiger partial charge in [0.2, 0.25) is 0 Å². The van der Waals surface area contributed by atoms with E-state index in [0.29, 0.717) is 17.3 Å². The van der Waals surface area contributed by atoms with E-state index in [2.05, 4.69) is 20.8 Å². The average Bonchev–Trinajstić information content (AvgIpc) is 2.36. The molecule has 4 atom stereocenters. The van der Waals surface area contributed by atoms with Crippen LogP contribution in [0.2, 0.25) is 0 Å². The fourth-order valence-corrected chi connectivity index (χ4v) is 5.84. The Morgan fingerprint density at radius 2 is 1.86 bits per heavy atom. The number of fused-ring (bicyclic) bond motifs is 1. The Morgan fingerprint density at radius 3 is 2.50 bits per heavy atom. The average molecular weight is 306 g/mol. The maximum atomic E-state index is 11.1. The molecule has 0 bridgehead atoms. The van der Waals surface area contributed by atoms with Gasteiger partial charge in [0.1, 0.15) is 6.29 Å². The molecule has 0 saturated heterocycles. The quantitative estimate of drug-likeness (QED) is 0.592. The van der Waals surface area contributed by atoms with Crippen LogP contribution in [-0.2, 0) is 4.79 Å². The van der Waals surface area contributed by atoms with Crippen LogP contribution < -0.4 is 0 Å². The van der Waals surface area contributed by atoms with Crippen LogP contribution >= 0.6 is 0 Å². The summed E-state index contributed by atoms with van der Waals surface area (Å²) < 4.78 is 0. The maximum absolute atomic E-state index is 11.1. The second-order valence-corrected chi connectivity index (χ2v) is 9.04. The molecule has 0 radical (unpaired) electrons. The first-order valence-corrected chi connectivity index (χ1v) is 8.97. The van der Waals surface area contributed by atoms with E-state index in [1.807, 2.05) is 13.8 Å². The highest BCUT2D eigenvalue weighted by Gasteiger charge is 2.57. The third-order valence-corrected chi connectivity index (χ3v) is 6.94. The van der Waals surface area contributed by atoms with Gasteiger partial charge in [-0.15, -0.1) is 0 Å². The zero-order valence-corrected chi connectivity index (χ0v) is 15.1. The molecule has 0 aromatic heterocycles. The molecule has 2 aliphatic rings. The van der Waals surface area contributed by atoms with Crippen LogP contribution in [0.15, 0.2) is 11.6 Å². The summed E-state index contributed by atoms with van der Waals surface area (Å²) in [5, 5.41) is 11.1. The van der Waals surface area contributed by atoms with Gasteiger partial charge in [0.05, 0.1) is 5.60 Å². The van der Waals surface area contributed by atoms with Crippen molar-refractivity contribution in [1.82, 2.24) is 0 Å². The zero-order valence-electron chi connectivity index (χ0n) is 15.1. The van der Waals surface area contributed by atoms with Crippen LogP contribution in [0.25, 0.3) is 0 Å². The van der Waals surface area contributed by atoms with Crippen LogP contribution in [0.4, 0.5) is 0 Å². The lowest BCUT2D eigenvalue weighted by Crippen LogP contribution is -2.57. The molecule has 1 N–H and O–H groups in total. The molecule has 2 aliphatic carbocycles. The number of carbonyl (C=O) groups is 1. The van der Waals surface area contributed by atoms with Crippen molar-refractivity contribution in [2.75, 3.05) is 0 Å². The maximum Gasteiger partial charge on any atom is 0.142 e. The van der Waals surface area contributed by atoms with E-state index in [0.717, 1.165) is 37.5 Å². The SMILES string of the molecule is CC(=CC=O)CCC1C(C)(O)CCC2C(C)(C)CCCC21C. The summed E-state index contributed by atoms with van der Waals surface area (Å²) in [5.74, 6) is 1.03. The van der Waals surface area contributed by atoms with E-state index in [-0.39, 0.29) is 5.41 Å². The number of hydrogen-bond acceptors (Lipinski definition) is 2. The van der Waals surface area contributed by atoms with Gasteiger partial charge >= 0.3 is 0 Å². The van der Waals surface area contributed by atoms with Gasteiger partial charge in [-0.1, -0.05) is 32.8 Å². The number of aliphatic hydroxyl groups is 1. The number of hydrogen-bond donors (Lipinski definition) is 1. The molecule has 2 heteroatoms. The third-order valence-electron chi connectivity index (χ3n) is 6.94. The normalized spacial score (nSPS) is 41.8. The molecular weight excluding hydrogens is 272 g/mol. The molecule has 0 aromatic carbocycles. The van der Waals surface area contributed by atoms with Gasteiger partial charge in [0.25, 0.3) is 0 Å². The Labute approximate surface area is 136 Å². The summed E-state index contributed by atoms with van der Waals surface area (Å²) in [6.45, 7) is 11.3. The van der Waals surface area contributed by atoms with Gasteiger partial charge < -0.3 is 5.11 Å². The number of aldehydes is 1. The predicted octanol–water partition coefficient (Wildman–Crippen LogP) is 4.91. The molecule has 0 spiro atoms. The van der Waals surface area contributed by atoms with Gasteiger partial charge in [-0.25, -0.2) is 0 Å². The summed E-state index contributed by atoms with van der Waals surface area (Å²) in [6, 6.07) is 0. The lowest BCUT2D eigenvalue weighted by Gasteiger charge is -2.61. The molecule has 2 saturated carbocycles. The number of carbonyl (C=O) groups excluding carboxylic acids is 1. The molecule has 0 aliphatic heterocycles. The number of allylic oxidation sites excluding steroid dienone is 2. The van der Waals surface area contributed by atoms with Gasteiger partial charge in [0, 0.05) is 0 Å². The molecule has 2 nitrogen and oxygen atoms in total. The zero-order chi connectivity index (χ0) is 16.6. The van der Waals surface area contributed by atoms with E-state index in [9.17, 15) is 9.90 Å². The van der Waals surface area contributed by atoms with E-state index in [4.69, 9.17) is 0 Å². The van der Waals surface area contributed by atoms with Crippen molar-refractivity contribution >= 4 is 6.29 Å². The molecular formula is C20H34O2. The van der Waals surface area contributed by atoms with Gasteiger partial charge in [-0.3, -0.25) is 4.79 Å². The second kappa shape index (κ2) is 6.11. The first kappa shape index (κ1) is 17.7. The molecule has 0 heterocycles. The van der Waals surface area contributed by atoms with Crippen molar-refractivity contribution in [2.24, 2.45) is 22.7 Å². The molecule has 0 amide bonds. The van der Waals surface area contributed by atoms with Crippen LogP contribution in [-0.4, -0.2) is 17.0 Å². The topological polar surface area (TPSA) is 37.3 Å². The molecule has 0 aromatic rings. The minimum Gasteiger partial charge on any atom is -0.390 e. The van der Waals surface area contributed by atoms with Crippen molar-refractivity contribution in [3.8, 4) is 0 Å². The fraction of sp³-hybridized carbons (Fsp3) is 0.850. The Morgan fingerprint density at radius 1 is 1.18 bits per heavy atom. The molecule has 126 valence electrons. The molecule has 2 rings (SSSR count). The number of rotatable bonds is 4. The Bertz CT molecular complexity index is 447. The largest absolute Gasteiger partial charge is 0.390 e. The minimum atomic E-state index is -0.569. The fourth-order valence-electron chi connectivity index (χ4n) is 5.84. The summed E-state index contributed by atoms with van der Waals surface area (Å²) in [4.78, 5) is 10.6. The van der Waals surface area contributed by atoms with Crippen molar-refractivity contribution < 1.29 is 9.90 Å². The van der Waals surface area contributed by atoms with Crippen molar-refractivity contribution in [3.05, 3.63) is 11.6 Å². The van der Waals surface area contributed by atoms with Gasteiger partial charge in [0.15, 0.2) is 0 Å². The molecule has 22 heavy (non-hydrogen) atoms. The molecule has 4 unspecified atom stereocenters. The van der Waals surface area contributed by atoms with Crippen molar-refractivity contribution in [1.29, 1.82) is 0 Å². The van der Waals surface area contributed by atoms with E-state index in [1.165, 1.54) is 19.3 Å². The van der Waals surface area contributed by atoms with Crippen LogP contribution in [0, 0.1) is 22.7 Å². The smallest absolute Gasteiger partial charge is 0.142 e. The van der Waals surface area contributed by atoms with Crippen LogP contribution in [0.1, 0.15) is 79.6 Å². The Hall–Kier alpha value is -0.630. The summed E-state index contributed by atoms with van der Waals surface area (Å²) in [6.07, 6.45) is 10.3. The first-order chi connectivity index (χ1) is 10.1. The highest BCUT2D eigenvalue weighted by molar-refractivity contribution is 5.65. The summed E-state index contributed by atoms with van der Waals surface area (Å²) >= 11 is 0. The van der Waals surface area contributed by atoms with Crippen molar-refractivity contribution in [3.63, 3.8) is 0 Å². The lowest BCUT2D eigenvalue weighted by atomic mass is 9.45. The third kappa shape index (κ3) is 3.18. The standard InChI is InChI=1S/C20H34O2/c1-15(10-14-21)7-8-17-19(4)12-6-11-18(2,3)16(19)9-13-20(17,5)22/h10,14,16-17,22H,6-9,11-13H2,1-5H3. The highest BCUT2D eigenvalue weighted by atomic mass is 16.3. The minimum absolute atomic E-state index is 0.227. The predicted molar refractivity (Wildman–Crippen MR) is 91.6 cm³/mol. The monoisotopic (exact) mass is 306 g/mol. The van der Waals surface area contributed by atoms with E-state index >= 15 is 0 Å². The lowest BCUT2D eigenvalue weighted by molar-refractivity contribution is -0.168. The molecule has 2 fully saturated rings. The Balaban J connectivity index is 2.26. The highest BCUT2D eigenvalue weighted by Crippen LogP contribution is 2.62.